The molecule has 1 fully saturated rings. The van der Waals surface area contributed by atoms with Gasteiger partial charge in [0.05, 0.1) is 5.56 Å². The molecule has 1 aromatic carbocycles. The molecule has 0 radical (unpaired) electrons. The Labute approximate surface area is 133 Å². The number of nitrogens with one attached hydrogen (secondary N) is 2. The van der Waals surface area contributed by atoms with Gasteiger partial charge in [0.25, 0.3) is 0 Å². The number of carbonyl (C=O) groups excluding carboxylic acids is 1. The van der Waals surface area contributed by atoms with Crippen molar-refractivity contribution in [3.8, 4) is 0 Å². The van der Waals surface area contributed by atoms with Gasteiger partial charge in [0.2, 0.25) is 0 Å². The Morgan fingerprint density at radius 2 is 2.00 bits per heavy atom. The van der Waals surface area contributed by atoms with Gasteiger partial charge in [-0.2, -0.15) is 13.2 Å². The summed E-state index contributed by atoms with van der Waals surface area (Å²) in [5.74, 6) is 0.0445. The van der Waals surface area contributed by atoms with E-state index in [0.29, 0.717) is 5.56 Å². The topological polar surface area (TPSA) is 61.4 Å². The van der Waals surface area contributed by atoms with Crippen LogP contribution in [0.15, 0.2) is 24.3 Å². The molecule has 3 N–H and O–H groups in total. The van der Waals surface area contributed by atoms with Crippen LogP contribution in [0.1, 0.15) is 36.8 Å². The Balaban J connectivity index is 1.87. The summed E-state index contributed by atoms with van der Waals surface area (Å²) in [5.41, 5.74) is -0.345. The molecule has 0 saturated heterocycles. The summed E-state index contributed by atoms with van der Waals surface area (Å²) in [7, 11) is 0. The number of carbonyl (C=O) groups is 1. The number of aliphatic hydroxyl groups excluding tert-OH is 1. The molecule has 1 aliphatic carbocycles. The van der Waals surface area contributed by atoms with E-state index in [1.54, 1.807) is 0 Å². The fourth-order valence-electron chi connectivity index (χ4n) is 2.88. The molecule has 0 bridgehead atoms. The van der Waals surface area contributed by atoms with E-state index in [4.69, 9.17) is 0 Å². The molecule has 0 aromatic heterocycles. The minimum absolute atomic E-state index is 0.0201. The van der Waals surface area contributed by atoms with Gasteiger partial charge in [0.1, 0.15) is 0 Å². The van der Waals surface area contributed by atoms with E-state index in [0.717, 1.165) is 37.8 Å². The molecule has 23 heavy (non-hydrogen) atoms. The second-order valence-electron chi connectivity index (χ2n) is 5.86. The zero-order valence-electron chi connectivity index (χ0n) is 12.7. The molecule has 2 rings (SSSR count). The largest absolute Gasteiger partial charge is 0.416 e. The zero-order chi connectivity index (χ0) is 16.9. The highest BCUT2D eigenvalue weighted by atomic mass is 19.4. The fourth-order valence-corrected chi connectivity index (χ4v) is 2.88. The third-order valence-corrected chi connectivity index (χ3v) is 4.17. The van der Waals surface area contributed by atoms with Gasteiger partial charge in [0, 0.05) is 25.1 Å². The van der Waals surface area contributed by atoms with E-state index in [9.17, 15) is 23.1 Å². The Kier molecular flexibility index (Phi) is 5.87. The molecule has 1 aromatic rings. The monoisotopic (exact) mass is 330 g/mol. The predicted molar refractivity (Wildman–Crippen MR) is 79.6 cm³/mol. The Morgan fingerprint density at radius 1 is 1.26 bits per heavy atom. The lowest BCUT2D eigenvalue weighted by atomic mass is 9.85. The fraction of sp³-hybridized carbons (Fsp3) is 0.562. The van der Waals surface area contributed by atoms with Gasteiger partial charge in [-0.1, -0.05) is 25.0 Å². The Bertz CT molecular complexity index is 534. The van der Waals surface area contributed by atoms with Gasteiger partial charge >= 0.3 is 12.2 Å². The molecule has 2 amide bonds. The molecule has 1 saturated carbocycles. The summed E-state index contributed by atoms with van der Waals surface area (Å²) in [6.45, 7) is 0.0465. The third-order valence-electron chi connectivity index (χ3n) is 4.17. The van der Waals surface area contributed by atoms with Crippen LogP contribution in [-0.2, 0) is 12.7 Å². The quantitative estimate of drug-likeness (QED) is 0.794. The number of alkyl halides is 3. The van der Waals surface area contributed by atoms with Gasteiger partial charge < -0.3 is 15.7 Å². The number of aliphatic hydroxyl groups is 1. The summed E-state index contributed by atoms with van der Waals surface area (Å²) in [6, 6.07) is 4.37. The molecule has 0 aliphatic heterocycles. The highest BCUT2D eigenvalue weighted by molar-refractivity contribution is 5.74. The molecule has 0 heterocycles. The lowest BCUT2D eigenvalue weighted by molar-refractivity contribution is -0.137. The van der Waals surface area contributed by atoms with Crippen LogP contribution in [-0.4, -0.2) is 23.8 Å². The number of urea groups is 1. The summed E-state index contributed by atoms with van der Waals surface area (Å²) in [4.78, 5) is 11.9. The maximum atomic E-state index is 12.6. The Morgan fingerprint density at radius 3 is 2.70 bits per heavy atom. The minimum Gasteiger partial charge on any atom is -0.396 e. The zero-order valence-corrected chi connectivity index (χ0v) is 12.7. The average molecular weight is 330 g/mol. The average Bonchev–Trinajstić information content (AvgIpc) is 2.53. The van der Waals surface area contributed by atoms with Crippen molar-refractivity contribution < 1.29 is 23.1 Å². The van der Waals surface area contributed by atoms with Crippen molar-refractivity contribution >= 4 is 6.03 Å². The van der Waals surface area contributed by atoms with Crippen LogP contribution in [0.3, 0.4) is 0 Å². The maximum absolute atomic E-state index is 12.6. The number of hydrogen-bond acceptors (Lipinski definition) is 2. The molecule has 2 unspecified atom stereocenters. The summed E-state index contributed by atoms with van der Waals surface area (Å²) in [6.07, 6.45) is -0.684. The first-order valence-corrected chi connectivity index (χ1v) is 7.71. The Hall–Kier alpha value is -1.76. The first kappa shape index (κ1) is 17.6. The SMILES string of the molecule is O=C(NCc1cccc(C(F)(F)F)c1)NC1CCCCC1CO. The normalized spacial score (nSPS) is 21.7. The van der Waals surface area contributed by atoms with Crippen LogP contribution < -0.4 is 10.6 Å². The highest BCUT2D eigenvalue weighted by Gasteiger charge is 2.30. The number of benzene rings is 1. The van der Waals surface area contributed by atoms with Crippen molar-refractivity contribution in [3.05, 3.63) is 35.4 Å². The second-order valence-corrected chi connectivity index (χ2v) is 5.86. The van der Waals surface area contributed by atoms with Gasteiger partial charge in [-0.3, -0.25) is 0 Å². The summed E-state index contributed by atoms with van der Waals surface area (Å²) < 4.78 is 37.9. The van der Waals surface area contributed by atoms with Crippen LogP contribution in [0.5, 0.6) is 0 Å². The minimum atomic E-state index is -4.39. The van der Waals surface area contributed by atoms with Crippen LogP contribution in [0, 0.1) is 5.92 Å². The van der Waals surface area contributed by atoms with Crippen molar-refractivity contribution in [2.75, 3.05) is 6.61 Å². The third kappa shape index (κ3) is 5.13. The van der Waals surface area contributed by atoms with E-state index in [-0.39, 0.29) is 25.1 Å². The summed E-state index contributed by atoms with van der Waals surface area (Å²) in [5, 5.41) is 14.7. The maximum Gasteiger partial charge on any atom is 0.416 e. The molecule has 2 atom stereocenters. The van der Waals surface area contributed by atoms with Gasteiger partial charge in [-0.15, -0.1) is 0 Å². The number of rotatable bonds is 4. The second kappa shape index (κ2) is 7.68. The van der Waals surface area contributed by atoms with E-state index in [1.807, 2.05) is 0 Å². The summed E-state index contributed by atoms with van der Waals surface area (Å²) >= 11 is 0. The van der Waals surface area contributed by atoms with Crippen molar-refractivity contribution in [1.29, 1.82) is 0 Å². The molecule has 4 nitrogen and oxygen atoms in total. The molecule has 7 heteroatoms. The first-order chi connectivity index (χ1) is 10.9. The standard InChI is InChI=1S/C16H21F3N2O2/c17-16(18,19)13-6-3-4-11(8-13)9-20-15(23)21-14-7-2-1-5-12(14)10-22/h3-4,6,8,12,14,22H,1-2,5,7,9-10H2,(H2,20,21,23). The van der Waals surface area contributed by atoms with Gasteiger partial charge in [-0.25, -0.2) is 4.79 Å². The predicted octanol–water partition coefficient (Wildman–Crippen LogP) is 3.06. The van der Waals surface area contributed by atoms with Crippen LogP contribution >= 0.6 is 0 Å². The van der Waals surface area contributed by atoms with Crippen LogP contribution in [0.25, 0.3) is 0 Å². The van der Waals surface area contributed by atoms with Crippen LogP contribution in [0.4, 0.5) is 18.0 Å². The van der Waals surface area contributed by atoms with Gasteiger partial charge in [0.15, 0.2) is 0 Å². The number of halogens is 3. The van der Waals surface area contributed by atoms with Crippen molar-refractivity contribution in [2.24, 2.45) is 5.92 Å². The molecule has 128 valence electrons. The molecule has 1 aliphatic rings. The highest BCUT2D eigenvalue weighted by Crippen LogP contribution is 2.29. The van der Waals surface area contributed by atoms with E-state index >= 15 is 0 Å². The van der Waals surface area contributed by atoms with Crippen molar-refractivity contribution in [3.63, 3.8) is 0 Å². The van der Waals surface area contributed by atoms with Crippen LogP contribution in [0.2, 0.25) is 0 Å². The van der Waals surface area contributed by atoms with E-state index in [1.165, 1.54) is 12.1 Å². The van der Waals surface area contributed by atoms with E-state index < -0.39 is 17.8 Å². The van der Waals surface area contributed by atoms with E-state index in [2.05, 4.69) is 10.6 Å². The lowest BCUT2D eigenvalue weighted by Gasteiger charge is -2.30. The smallest absolute Gasteiger partial charge is 0.396 e. The molecular weight excluding hydrogens is 309 g/mol. The van der Waals surface area contributed by atoms with Crippen molar-refractivity contribution in [2.45, 2.75) is 44.4 Å². The van der Waals surface area contributed by atoms with Crippen molar-refractivity contribution in [1.82, 2.24) is 10.6 Å². The molecule has 0 spiro atoms. The number of amides is 2. The number of hydrogen-bond donors (Lipinski definition) is 3. The van der Waals surface area contributed by atoms with Gasteiger partial charge in [-0.05, 0) is 30.5 Å². The lowest BCUT2D eigenvalue weighted by Crippen LogP contribution is -2.47. The first-order valence-electron chi connectivity index (χ1n) is 7.71. The molecular formula is C16H21F3N2O2.